The van der Waals surface area contributed by atoms with Crippen LogP contribution in [0.4, 0.5) is 5.95 Å². The predicted octanol–water partition coefficient (Wildman–Crippen LogP) is 3.08. The molecule has 1 aliphatic carbocycles. The van der Waals surface area contributed by atoms with E-state index in [9.17, 15) is 0 Å². The molecular weight excluding hydrogens is 226 g/mol. The molecule has 1 aliphatic rings. The van der Waals surface area contributed by atoms with Crippen LogP contribution in [0.5, 0.6) is 0 Å². The molecule has 2 rings (SSSR count). The van der Waals surface area contributed by atoms with Crippen LogP contribution in [-0.4, -0.2) is 29.8 Å². The summed E-state index contributed by atoms with van der Waals surface area (Å²) in [5.74, 6) is 1.97. The third-order valence-electron chi connectivity index (χ3n) is 3.64. The smallest absolute Gasteiger partial charge is 0.203 e. The summed E-state index contributed by atoms with van der Waals surface area (Å²) in [5.41, 5.74) is 0. The molecule has 1 N–H and O–H groups in total. The highest BCUT2D eigenvalue weighted by atomic mass is 16.5. The molecule has 0 saturated heterocycles. The fraction of sp³-hybridized carbons (Fsp3) is 0.786. The van der Waals surface area contributed by atoms with E-state index in [0.29, 0.717) is 6.04 Å². The Hall–Kier alpha value is -1.03. The summed E-state index contributed by atoms with van der Waals surface area (Å²) in [6.45, 7) is 3.99. The van der Waals surface area contributed by atoms with Crippen molar-refractivity contribution in [1.29, 1.82) is 0 Å². The van der Waals surface area contributed by atoms with Crippen molar-refractivity contribution >= 4 is 5.95 Å². The number of ether oxygens (including phenoxy) is 1. The molecule has 0 amide bonds. The maximum atomic E-state index is 5.05. The Labute approximate surface area is 110 Å². The van der Waals surface area contributed by atoms with Crippen LogP contribution in [-0.2, 0) is 4.74 Å². The molecule has 1 saturated carbocycles. The Morgan fingerprint density at radius 2 is 2.39 bits per heavy atom. The van der Waals surface area contributed by atoms with E-state index in [0.717, 1.165) is 31.4 Å². The molecule has 102 valence electrons. The molecule has 0 radical (unpaired) electrons. The monoisotopic (exact) mass is 251 g/mol. The van der Waals surface area contributed by atoms with Gasteiger partial charge in [0.05, 0.1) is 0 Å². The summed E-state index contributed by atoms with van der Waals surface area (Å²) in [6, 6.07) is 0.602. The van der Waals surface area contributed by atoms with E-state index in [1.807, 2.05) is 6.20 Å². The van der Waals surface area contributed by atoms with E-state index >= 15 is 0 Å². The first kappa shape index (κ1) is 13.4. The van der Waals surface area contributed by atoms with Crippen LogP contribution >= 0.6 is 0 Å². The van der Waals surface area contributed by atoms with Gasteiger partial charge >= 0.3 is 0 Å². The van der Waals surface area contributed by atoms with Crippen molar-refractivity contribution in [2.75, 3.05) is 25.6 Å². The highest BCUT2D eigenvalue weighted by Crippen LogP contribution is 2.38. The molecule has 1 aromatic rings. The number of imidazole rings is 1. The van der Waals surface area contributed by atoms with Crippen LogP contribution in [0, 0.1) is 5.92 Å². The fourth-order valence-corrected chi connectivity index (χ4v) is 2.38. The van der Waals surface area contributed by atoms with Gasteiger partial charge in [-0.05, 0) is 25.2 Å². The molecule has 18 heavy (non-hydrogen) atoms. The fourth-order valence-electron chi connectivity index (χ4n) is 2.38. The first-order chi connectivity index (χ1) is 8.85. The predicted molar refractivity (Wildman–Crippen MR) is 73.9 cm³/mol. The second-order valence-corrected chi connectivity index (χ2v) is 5.17. The number of nitrogens with zero attached hydrogens (tertiary/aromatic N) is 2. The third kappa shape index (κ3) is 3.73. The minimum atomic E-state index is 0.602. The van der Waals surface area contributed by atoms with Gasteiger partial charge in [0.2, 0.25) is 5.95 Å². The third-order valence-corrected chi connectivity index (χ3v) is 3.64. The highest BCUT2D eigenvalue weighted by molar-refractivity contribution is 5.26. The number of anilines is 1. The second kappa shape index (κ2) is 6.78. The minimum Gasteiger partial charge on any atom is -0.385 e. The van der Waals surface area contributed by atoms with Gasteiger partial charge in [-0.25, -0.2) is 4.98 Å². The first-order valence-corrected chi connectivity index (χ1v) is 7.10. The molecule has 1 heterocycles. The molecule has 0 bridgehead atoms. The molecule has 0 aliphatic heterocycles. The van der Waals surface area contributed by atoms with Gasteiger partial charge in [0.25, 0.3) is 0 Å². The molecule has 0 aromatic carbocycles. The van der Waals surface area contributed by atoms with Crippen molar-refractivity contribution in [1.82, 2.24) is 9.55 Å². The van der Waals surface area contributed by atoms with Crippen LogP contribution in [0.1, 0.15) is 45.1 Å². The van der Waals surface area contributed by atoms with Crippen LogP contribution in [0.25, 0.3) is 0 Å². The van der Waals surface area contributed by atoms with Crippen LogP contribution in [0.15, 0.2) is 12.4 Å². The zero-order chi connectivity index (χ0) is 12.8. The lowest BCUT2D eigenvalue weighted by atomic mass is 10.1. The van der Waals surface area contributed by atoms with Crippen molar-refractivity contribution in [3.05, 3.63) is 12.4 Å². The molecule has 4 nitrogen and oxygen atoms in total. The summed E-state index contributed by atoms with van der Waals surface area (Å²) < 4.78 is 7.36. The van der Waals surface area contributed by atoms with E-state index in [2.05, 4.69) is 28.0 Å². The SMILES string of the molecule is CCC(CC1CC1)n1ccnc1NCCCOC. The molecule has 0 spiro atoms. The average Bonchev–Trinajstić information content (AvgIpc) is 3.09. The van der Waals surface area contributed by atoms with E-state index < -0.39 is 0 Å². The van der Waals surface area contributed by atoms with Crippen molar-refractivity contribution in [3.63, 3.8) is 0 Å². The van der Waals surface area contributed by atoms with Gasteiger partial charge in [-0.1, -0.05) is 19.8 Å². The molecule has 1 fully saturated rings. The topological polar surface area (TPSA) is 39.1 Å². The summed E-state index contributed by atoms with van der Waals surface area (Å²) in [6.07, 6.45) is 10.3. The largest absolute Gasteiger partial charge is 0.385 e. The Balaban J connectivity index is 1.87. The van der Waals surface area contributed by atoms with E-state index in [1.54, 1.807) is 7.11 Å². The minimum absolute atomic E-state index is 0.602. The summed E-state index contributed by atoms with van der Waals surface area (Å²) in [5, 5.41) is 3.41. The van der Waals surface area contributed by atoms with Crippen LogP contribution in [0.3, 0.4) is 0 Å². The van der Waals surface area contributed by atoms with Gasteiger partial charge in [0.1, 0.15) is 0 Å². The van der Waals surface area contributed by atoms with E-state index in [1.165, 1.54) is 25.7 Å². The summed E-state index contributed by atoms with van der Waals surface area (Å²) in [4.78, 5) is 4.42. The Kier molecular flexibility index (Phi) is 5.05. The van der Waals surface area contributed by atoms with Crippen LogP contribution in [0.2, 0.25) is 0 Å². The van der Waals surface area contributed by atoms with E-state index in [-0.39, 0.29) is 0 Å². The van der Waals surface area contributed by atoms with E-state index in [4.69, 9.17) is 4.74 Å². The number of methoxy groups -OCH3 is 1. The number of hydrogen-bond acceptors (Lipinski definition) is 3. The molecule has 1 unspecified atom stereocenters. The first-order valence-electron chi connectivity index (χ1n) is 7.10. The average molecular weight is 251 g/mol. The molecule has 1 atom stereocenters. The Bertz CT molecular complexity index is 347. The van der Waals surface area contributed by atoms with Gasteiger partial charge in [0.15, 0.2) is 0 Å². The lowest BCUT2D eigenvalue weighted by Gasteiger charge is -2.19. The van der Waals surface area contributed by atoms with Crippen molar-refractivity contribution in [2.24, 2.45) is 5.92 Å². The Morgan fingerprint density at radius 1 is 1.56 bits per heavy atom. The quantitative estimate of drug-likeness (QED) is 0.685. The van der Waals surface area contributed by atoms with Gasteiger partial charge < -0.3 is 14.6 Å². The van der Waals surface area contributed by atoms with Gasteiger partial charge in [-0.15, -0.1) is 0 Å². The van der Waals surface area contributed by atoms with Gasteiger partial charge in [0, 0.05) is 38.7 Å². The normalized spacial score (nSPS) is 16.8. The maximum absolute atomic E-state index is 5.05. The number of rotatable bonds is 9. The van der Waals surface area contributed by atoms with Gasteiger partial charge in [-0.3, -0.25) is 0 Å². The number of aromatic nitrogens is 2. The summed E-state index contributed by atoms with van der Waals surface area (Å²) in [7, 11) is 1.74. The second-order valence-electron chi connectivity index (χ2n) is 5.17. The molecule has 1 aromatic heterocycles. The summed E-state index contributed by atoms with van der Waals surface area (Å²) >= 11 is 0. The van der Waals surface area contributed by atoms with Crippen molar-refractivity contribution < 1.29 is 4.74 Å². The number of nitrogens with one attached hydrogen (secondary N) is 1. The Morgan fingerprint density at radius 3 is 3.06 bits per heavy atom. The van der Waals surface area contributed by atoms with Gasteiger partial charge in [-0.2, -0.15) is 0 Å². The standard InChI is InChI=1S/C14H25N3O/c1-3-13(11-12-5-6-12)17-9-8-16-14(17)15-7-4-10-18-2/h8-9,12-13H,3-7,10-11H2,1-2H3,(H,15,16). The molecular formula is C14H25N3O. The highest BCUT2D eigenvalue weighted by Gasteiger charge is 2.26. The lowest BCUT2D eigenvalue weighted by molar-refractivity contribution is 0.197. The van der Waals surface area contributed by atoms with Crippen molar-refractivity contribution in [3.8, 4) is 0 Å². The van der Waals surface area contributed by atoms with Crippen molar-refractivity contribution in [2.45, 2.75) is 45.1 Å². The molecule has 4 heteroatoms. The zero-order valence-electron chi connectivity index (χ0n) is 11.6. The maximum Gasteiger partial charge on any atom is 0.203 e. The van der Waals surface area contributed by atoms with Crippen LogP contribution < -0.4 is 5.32 Å². The lowest BCUT2D eigenvalue weighted by Crippen LogP contribution is -2.14. The zero-order valence-corrected chi connectivity index (χ0v) is 11.6. The number of hydrogen-bond donors (Lipinski definition) is 1.